The maximum Gasteiger partial charge on any atom is 0.289 e. The summed E-state index contributed by atoms with van der Waals surface area (Å²) >= 11 is 9.46. The second kappa shape index (κ2) is 5.06. The van der Waals surface area contributed by atoms with Crippen molar-refractivity contribution in [2.75, 3.05) is 13.1 Å². The largest absolute Gasteiger partial charge is 0.449 e. The third kappa shape index (κ3) is 2.24. The molecule has 2 aromatic rings. The van der Waals surface area contributed by atoms with Crippen molar-refractivity contribution in [2.45, 2.75) is 19.4 Å². The summed E-state index contributed by atoms with van der Waals surface area (Å²) in [5.41, 5.74) is 7.31. The summed E-state index contributed by atoms with van der Waals surface area (Å²) < 4.78 is 6.51. The minimum Gasteiger partial charge on any atom is -0.449 e. The van der Waals surface area contributed by atoms with Gasteiger partial charge in [0.15, 0.2) is 5.76 Å². The molecular weight excluding hydrogens is 344 g/mol. The van der Waals surface area contributed by atoms with Gasteiger partial charge in [0.2, 0.25) is 0 Å². The molecule has 0 radical (unpaired) electrons. The molecule has 0 bridgehead atoms. The van der Waals surface area contributed by atoms with E-state index in [4.69, 9.17) is 21.8 Å². The number of carbonyl (C=O) groups is 1. The van der Waals surface area contributed by atoms with Crippen LogP contribution in [0.1, 0.15) is 22.5 Å². The third-order valence-corrected chi connectivity index (χ3v) is 4.47. The Kier molecular flexibility index (Phi) is 3.52. The molecule has 1 atom stereocenters. The molecule has 20 heavy (non-hydrogen) atoms. The first-order valence-corrected chi connectivity index (χ1v) is 7.57. The number of halogens is 2. The van der Waals surface area contributed by atoms with E-state index >= 15 is 0 Å². The highest BCUT2D eigenvalue weighted by Crippen LogP contribution is 2.34. The van der Waals surface area contributed by atoms with Crippen LogP contribution in [0, 0.1) is 6.92 Å². The average Bonchev–Trinajstić information content (AvgIpc) is 2.94. The van der Waals surface area contributed by atoms with Crippen LogP contribution in [-0.2, 0) is 0 Å². The lowest BCUT2D eigenvalue weighted by molar-refractivity contribution is 0.0760. The number of fused-ring (bicyclic) bond motifs is 1. The van der Waals surface area contributed by atoms with Crippen molar-refractivity contribution in [2.24, 2.45) is 5.73 Å². The summed E-state index contributed by atoms with van der Waals surface area (Å²) in [6, 6.07) is 3.63. The number of carbonyl (C=O) groups excluding carboxylic acids is 1. The second-order valence-corrected chi connectivity index (χ2v) is 6.41. The zero-order valence-corrected chi connectivity index (χ0v) is 13.3. The summed E-state index contributed by atoms with van der Waals surface area (Å²) in [6.45, 7) is 3.13. The number of rotatable bonds is 1. The van der Waals surface area contributed by atoms with Gasteiger partial charge in [-0.05, 0) is 41.4 Å². The molecule has 2 N–H and O–H groups in total. The van der Waals surface area contributed by atoms with Crippen LogP contribution in [0.15, 0.2) is 21.0 Å². The number of nitrogens with zero attached hydrogens (tertiary/aromatic N) is 1. The van der Waals surface area contributed by atoms with Gasteiger partial charge in [-0.25, -0.2) is 0 Å². The molecule has 2 heterocycles. The number of likely N-dealkylation sites (tertiary alicyclic amines) is 1. The molecule has 1 aliphatic heterocycles. The predicted octanol–water partition coefficient (Wildman–Crippen LogP) is 3.33. The van der Waals surface area contributed by atoms with E-state index in [0.29, 0.717) is 29.5 Å². The summed E-state index contributed by atoms with van der Waals surface area (Å²) in [6.07, 6.45) is 0.834. The fourth-order valence-electron chi connectivity index (χ4n) is 2.56. The van der Waals surface area contributed by atoms with Crippen LogP contribution in [0.25, 0.3) is 11.0 Å². The Morgan fingerprint density at radius 2 is 2.30 bits per heavy atom. The van der Waals surface area contributed by atoms with Crippen LogP contribution in [0.3, 0.4) is 0 Å². The first kappa shape index (κ1) is 13.9. The van der Waals surface area contributed by atoms with Crippen molar-refractivity contribution in [1.82, 2.24) is 4.90 Å². The number of aryl methyl sites for hydroxylation is 1. The lowest BCUT2D eigenvalue weighted by Crippen LogP contribution is -2.31. The maximum absolute atomic E-state index is 12.5. The zero-order valence-electron chi connectivity index (χ0n) is 11.0. The van der Waals surface area contributed by atoms with Gasteiger partial charge in [-0.1, -0.05) is 11.6 Å². The van der Waals surface area contributed by atoms with Crippen molar-refractivity contribution < 1.29 is 9.21 Å². The van der Waals surface area contributed by atoms with Gasteiger partial charge in [-0.15, -0.1) is 0 Å². The van der Waals surface area contributed by atoms with Crippen molar-refractivity contribution >= 4 is 44.4 Å². The molecule has 3 rings (SSSR count). The SMILES string of the molecule is Cc1c(C(=O)N2CCC(N)C2)oc2c(Br)cc(Cl)cc12. The van der Waals surface area contributed by atoms with Gasteiger partial charge in [0, 0.05) is 35.1 Å². The summed E-state index contributed by atoms with van der Waals surface area (Å²) in [5, 5.41) is 1.46. The Labute approximate surface area is 130 Å². The van der Waals surface area contributed by atoms with Crippen LogP contribution < -0.4 is 5.73 Å². The van der Waals surface area contributed by atoms with Gasteiger partial charge in [0.05, 0.1) is 4.47 Å². The van der Waals surface area contributed by atoms with E-state index < -0.39 is 0 Å². The standard InChI is InChI=1S/C14H14BrClN2O2/c1-7-10-4-8(16)5-11(15)13(10)20-12(7)14(19)18-3-2-9(17)6-18/h4-5,9H,2-3,6,17H2,1H3. The van der Waals surface area contributed by atoms with Gasteiger partial charge in [0.25, 0.3) is 5.91 Å². The molecule has 0 spiro atoms. The highest BCUT2D eigenvalue weighted by atomic mass is 79.9. The minimum atomic E-state index is -0.102. The monoisotopic (exact) mass is 356 g/mol. The lowest BCUT2D eigenvalue weighted by Gasteiger charge is -2.14. The highest BCUT2D eigenvalue weighted by molar-refractivity contribution is 9.10. The molecule has 1 aliphatic rings. The normalized spacial score (nSPS) is 19.0. The third-order valence-electron chi connectivity index (χ3n) is 3.66. The molecule has 0 saturated carbocycles. The molecule has 106 valence electrons. The van der Waals surface area contributed by atoms with E-state index in [1.807, 2.05) is 13.0 Å². The highest BCUT2D eigenvalue weighted by Gasteiger charge is 2.29. The minimum absolute atomic E-state index is 0.0600. The summed E-state index contributed by atoms with van der Waals surface area (Å²) in [4.78, 5) is 14.2. The Morgan fingerprint density at radius 1 is 1.55 bits per heavy atom. The van der Waals surface area contributed by atoms with E-state index in [-0.39, 0.29) is 11.9 Å². The topological polar surface area (TPSA) is 59.5 Å². The second-order valence-electron chi connectivity index (χ2n) is 5.12. The quantitative estimate of drug-likeness (QED) is 0.851. The Hall–Kier alpha value is -1.04. The van der Waals surface area contributed by atoms with Crippen LogP contribution in [0.2, 0.25) is 5.02 Å². The molecule has 0 aliphatic carbocycles. The van der Waals surface area contributed by atoms with Gasteiger partial charge in [-0.3, -0.25) is 4.79 Å². The van der Waals surface area contributed by atoms with Crippen molar-refractivity contribution in [1.29, 1.82) is 0 Å². The molecule has 1 saturated heterocycles. The summed E-state index contributed by atoms with van der Waals surface area (Å²) in [7, 11) is 0. The maximum atomic E-state index is 12.5. The average molecular weight is 358 g/mol. The molecule has 1 aromatic heterocycles. The zero-order chi connectivity index (χ0) is 14.4. The van der Waals surface area contributed by atoms with E-state index in [2.05, 4.69) is 15.9 Å². The van der Waals surface area contributed by atoms with Crippen LogP contribution in [0.5, 0.6) is 0 Å². The molecule has 1 aromatic carbocycles. The Bertz CT molecular complexity index is 698. The molecule has 6 heteroatoms. The lowest BCUT2D eigenvalue weighted by atomic mass is 10.1. The Balaban J connectivity index is 2.06. The molecule has 1 fully saturated rings. The first-order chi connectivity index (χ1) is 9.47. The van der Waals surface area contributed by atoms with Crippen LogP contribution >= 0.6 is 27.5 Å². The Morgan fingerprint density at radius 3 is 2.95 bits per heavy atom. The van der Waals surface area contributed by atoms with E-state index in [1.165, 1.54) is 0 Å². The number of benzene rings is 1. The number of amides is 1. The summed E-state index contributed by atoms with van der Waals surface area (Å²) in [5.74, 6) is 0.270. The molecule has 1 amide bonds. The van der Waals surface area contributed by atoms with Crippen LogP contribution in [0.4, 0.5) is 0 Å². The fraction of sp³-hybridized carbons (Fsp3) is 0.357. The number of furan rings is 1. The predicted molar refractivity (Wildman–Crippen MR) is 82.2 cm³/mol. The van der Waals surface area contributed by atoms with E-state index in [9.17, 15) is 4.79 Å². The van der Waals surface area contributed by atoms with Gasteiger partial charge in [0.1, 0.15) is 5.58 Å². The van der Waals surface area contributed by atoms with Crippen molar-refractivity contribution in [3.05, 3.63) is 33.0 Å². The number of hydrogen-bond acceptors (Lipinski definition) is 3. The smallest absolute Gasteiger partial charge is 0.289 e. The number of hydrogen-bond donors (Lipinski definition) is 1. The van der Waals surface area contributed by atoms with Crippen molar-refractivity contribution in [3.8, 4) is 0 Å². The first-order valence-electron chi connectivity index (χ1n) is 6.40. The van der Waals surface area contributed by atoms with E-state index in [0.717, 1.165) is 21.8 Å². The van der Waals surface area contributed by atoms with Gasteiger partial charge >= 0.3 is 0 Å². The fourth-order valence-corrected chi connectivity index (χ4v) is 3.45. The van der Waals surface area contributed by atoms with Gasteiger partial charge in [-0.2, -0.15) is 0 Å². The van der Waals surface area contributed by atoms with E-state index in [1.54, 1.807) is 11.0 Å². The van der Waals surface area contributed by atoms with Gasteiger partial charge < -0.3 is 15.1 Å². The molecule has 4 nitrogen and oxygen atoms in total. The van der Waals surface area contributed by atoms with Crippen molar-refractivity contribution in [3.63, 3.8) is 0 Å². The van der Waals surface area contributed by atoms with Crippen LogP contribution in [-0.4, -0.2) is 29.9 Å². The molecule has 1 unspecified atom stereocenters. The molecular formula is C14H14BrClN2O2. The number of nitrogens with two attached hydrogens (primary N) is 1.